The Morgan fingerprint density at radius 2 is 2.00 bits per heavy atom. The third-order valence-corrected chi connectivity index (χ3v) is 4.38. The maximum absolute atomic E-state index is 5.98. The van der Waals surface area contributed by atoms with Gasteiger partial charge in [-0.05, 0) is 38.1 Å². The van der Waals surface area contributed by atoms with E-state index in [1.54, 1.807) is 6.33 Å². The van der Waals surface area contributed by atoms with Crippen LogP contribution in [0.4, 0.5) is 0 Å². The highest BCUT2D eigenvalue weighted by Gasteiger charge is 2.42. The number of hydrogen-bond acceptors (Lipinski definition) is 4. The number of rotatable bonds is 5. The summed E-state index contributed by atoms with van der Waals surface area (Å²) in [4.78, 5) is 8.31. The van der Waals surface area contributed by atoms with Gasteiger partial charge in [-0.3, -0.25) is 0 Å². The Morgan fingerprint density at radius 3 is 2.53 bits per heavy atom. The molecule has 0 spiro atoms. The van der Waals surface area contributed by atoms with Gasteiger partial charge in [0, 0.05) is 25.1 Å². The van der Waals surface area contributed by atoms with Crippen molar-refractivity contribution in [1.29, 1.82) is 0 Å². The van der Waals surface area contributed by atoms with Crippen LogP contribution in [0.1, 0.15) is 51.1 Å². The molecule has 0 bridgehead atoms. The molecule has 1 aromatic rings. The summed E-state index contributed by atoms with van der Waals surface area (Å²) >= 11 is 0. The summed E-state index contributed by atoms with van der Waals surface area (Å²) in [5.41, 5.74) is 1.01. The molecule has 4 nitrogen and oxygen atoms in total. The number of methoxy groups -OCH3 is 1. The molecular formula is C15H25N3O. The van der Waals surface area contributed by atoms with Crippen LogP contribution in [0.25, 0.3) is 0 Å². The predicted molar refractivity (Wildman–Crippen MR) is 75.8 cm³/mol. The first-order chi connectivity index (χ1) is 9.22. The van der Waals surface area contributed by atoms with E-state index >= 15 is 0 Å². The van der Waals surface area contributed by atoms with Gasteiger partial charge in [-0.1, -0.05) is 13.8 Å². The van der Waals surface area contributed by atoms with Crippen LogP contribution in [0, 0.1) is 5.92 Å². The van der Waals surface area contributed by atoms with Crippen molar-refractivity contribution in [2.45, 2.75) is 51.2 Å². The van der Waals surface area contributed by atoms with E-state index < -0.39 is 0 Å². The lowest BCUT2D eigenvalue weighted by Crippen LogP contribution is -2.48. The fourth-order valence-electron chi connectivity index (χ4n) is 3.13. The Morgan fingerprint density at radius 1 is 1.37 bits per heavy atom. The van der Waals surface area contributed by atoms with Gasteiger partial charge in [-0.2, -0.15) is 0 Å². The van der Waals surface area contributed by atoms with Gasteiger partial charge in [0.15, 0.2) is 0 Å². The zero-order valence-electron chi connectivity index (χ0n) is 12.2. The minimum atomic E-state index is -0.118. The summed E-state index contributed by atoms with van der Waals surface area (Å²) in [5.74, 6) is 0.803. The molecule has 1 aromatic heterocycles. The van der Waals surface area contributed by atoms with E-state index in [0.29, 0.717) is 0 Å². The standard InChI is InChI=1S/C15H25N3O/c1-4-18-14(13-9-16-11-17-10-13)15(19-3)7-5-12(2)6-8-15/h9-12,14,18H,4-8H2,1-3H3. The fraction of sp³-hybridized carbons (Fsp3) is 0.733. The van der Waals surface area contributed by atoms with Gasteiger partial charge < -0.3 is 10.1 Å². The molecule has 0 aromatic carbocycles. The molecule has 106 valence electrons. The molecule has 1 saturated carbocycles. The van der Waals surface area contributed by atoms with E-state index in [-0.39, 0.29) is 11.6 Å². The van der Waals surface area contributed by atoms with Gasteiger partial charge in [0.05, 0.1) is 11.6 Å². The molecule has 0 amide bonds. The van der Waals surface area contributed by atoms with Gasteiger partial charge >= 0.3 is 0 Å². The molecule has 1 aliphatic rings. The molecule has 4 heteroatoms. The lowest BCUT2D eigenvalue weighted by atomic mass is 9.73. The van der Waals surface area contributed by atoms with Crippen molar-refractivity contribution in [2.24, 2.45) is 5.92 Å². The lowest BCUT2D eigenvalue weighted by molar-refractivity contribution is -0.0759. The molecule has 1 unspecified atom stereocenters. The number of nitrogens with zero attached hydrogens (tertiary/aromatic N) is 2. The second-order valence-corrected chi connectivity index (χ2v) is 5.61. The van der Waals surface area contributed by atoms with Crippen molar-refractivity contribution in [3.05, 3.63) is 24.3 Å². The summed E-state index contributed by atoms with van der Waals surface area (Å²) in [7, 11) is 1.84. The highest BCUT2D eigenvalue weighted by Crippen LogP contribution is 2.42. The van der Waals surface area contributed by atoms with E-state index in [1.165, 1.54) is 12.8 Å². The van der Waals surface area contributed by atoms with Crippen LogP contribution >= 0.6 is 0 Å². The quantitative estimate of drug-likeness (QED) is 0.887. The van der Waals surface area contributed by atoms with E-state index in [9.17, 15) is 0 Å². The minimum Gasteiger partial charge on any atom is -0.376 e. The molecule has 1 fully saturated rings. The summed E-state index contributed by atoms with van der Waals surface area (Å²) in [6.45, 7) is 5.37. The van der Waals surface area contributed by atoms with E-state index in [4.69, 9.17) is 4.74 Å². The average molecular weight is 263 g/mol. The molecule has 2 rings (SSSR count). The van der Waals surface area contributed by atoms with E-state index in [0.717, 1.165) is 30.9 Å². The molecular weight excluding hydrogens is 238 g/mol. The second-order valence-electron chi connectivity index (χ2n) is 5.61. The van der Waals surface area contributed by atoms with Crippen LogP contribution < -0.4 is 5.32 Å². The summed E-state index contributed by atoms with van der Waals surface area (Å²) in [5, 5.41) is 3.57. The molecule has 1 aliphatic carbocycles. The lowest BCUT2D eigenvalue weighted by Gasteiger charge is -2.44. The first-order valence-corrected chi connectivity index (χ1v) is 7.25. The van der Waals surface area contributed by atoms with Crippen molar-refractivity contribution in [3.8, 4) is 0 Å². The Kier molecular flexibility index (Phi) is 4.88. The van der Waals surface area contributed by atoms with Crippen LogP contribution in [-0.4, -0.2) is 29.2 Å². The Balaban J connectivity index is 2.26. The van der Waals surface area contributed by atoms with Crippen LogP contribution in [0.5, 0.6) is 0 Å². The zero-order valence-corrected chi connectivity index (χ0v) is 12.2. The Labute approximate surface area is 116 Å². The van der Waals surface area contributed by atoms with Crippen LogP contribution in [0.15, 0.2) is 18.7 Å². The van der Waals surface area contributed by atoms with Crippen LogP contribution in [0.3, 0.4) is 0 Å². The van der Waals surface area contributed by atoms with Crippen LogP contribution in [0.2, 0.25) is 0 Å². The minimum absolute atomic E-state index is 0.118. The van der Waals surface area contributed by atoms with E-state index in [2.05, 4.69) is 29.1 Å². The molecule has 0 aliphatic heterocycles. The molecule has 1 heterocycles. The molecule has 0 saturated heterocycles. The maximum atomic E-state index is 5.98. The van der Waals surface area contributed by atoms with Crippen molar-refractivity contribution in [1.82, 2.24) is 15.3 Å². The van der Waals surface area contributed by atoms with E-state index in [1.807, 2.05) is 19.5 Å². The highest BCUT2D eigenvalue weighted by atomic mass is 16.5. The SMILES string of the molecule is CCNC(c1cncnc1)C1(OC)CCC(C)CC1. The molecule has 19 heavy (non-hydrogen) atoms. The second kappa shape index (κ2) is 6.44. The van der Waals surface area contributed by atoms with Gasteiger partial charge in [-0.15, -0.1) is 0 Å². The summed E-state index contributed by atoms with van der Waals surface area (Å²) in [6.07, 6.45) is 10.0. The normalized spacial score (nSPS) is 29.1. The van der Waals surface area contributed by atoms with Gasteiger partial charge in [0.1, 0.15) is 6.33 Å². The van der Waals surface area contributed by atoms with Crippen molar-refractivity contribution >= 4 is 0 Å². The number of ether oxygens (including phenoxy) is 1. The van der Waals surface area contributed by atoms with Gasteiger partial charge in [0.2, 0.25) is 0 Å². The average Bonchev–Trinajstić information content (AvgIpc) is 2.47. The highest BCUT2D eigenvalue weighted by molar-refractivity contribution is 5.16. The van der Waals surface area contributed by atoms with Crippen LogP contribution in [-0.2, 0) is 4.74 Å². The summed E-state index contributed by atoms with van der Waals surface area (Å²) in [6, 6.07) is 0.177. The number of hydrogen-bond donors (Lipinski definition) is 1. The van der Waals surface area contributed by atoms with Crippen molar-refractivity contribution in [2.75, 3.05) is 13.7 Å². The van der Waals surface area contributed by atoms with Gasteiger partial charge in [-0.25, -0.2) is 9.97 Å². The number of likely N-dealkylation sites (N-methyl/N-ethyl adjacent to an activating group) is 1. The number of aromatic nitrogens is 2. The third kappa shape index (κ3) is 3.12. The molecule has 0 radical (unpaired) electrons. The topological polar surface area (TPSA) is 47.0 Å². The predicted octanol–water partition coefficient (Wildman–Crippen LogP) is 2.72. The van der Waals surface area contributed by atoms with Crippen molar-refractivity contribution in [3.63, 3.8) is 0 Å². The third-order valence-electron chi connectivity index (χ3n) is 4.38. The fourth-order valence-corrected chi connectivity index (χ4v) is 3.13. The first-order valence-electron chi connectivity index (χ1n) is 7.25. The summed E-state index contributed by atoms with van der Waals surface area (Å²) < 4.78 is 5.98. The monoisotopic (exact) mass is 263 g/mol. The zero-order chi connectivity index (χ0) is 13.7. The largest absolute Gasteiger partial charge is 0.376 e. The first kappa shape index (κ1) is 14.4. The van der Waals surface area contributed by atoms with Crippen molar-refractivity contribution < 1.29 is 4.74 Å². The number of nitrogens with one attached hydrogen (secondary N) is 1. The smallest absolute Gasteiger partial charge is 0.115 e. The molecule has 1 N–H and O–H groups in total. The van der Waals surface area contributed by atoms with Gasteiger partial charge in [0.25, 0.3) is 0 Å². The molecule has 1 atom stereocenters. The Bertz CT molecular complexity index is 374. The Hall–Kier alpha value is -1.00. The maximum Gasteiger partial charge on any atom is 0.115 e.